The Kier molecular flexibility index (Phi) is 3.49. The molecule has 0 radical (unpaired) electrons. The zero-order valence-corrected chi connectivity index (χ0v) is 9.92. The summed E-state index contributed by atoms with van der Waals surface area (Å²) in [4.78, 5) is 4.66. The van der Waals surface area contributed by atoms with Crippen molar-refractivity contribution in [2.75, 3.05) is 5.32 Å². The number of pyridine rings is 1. The Labute approximate surface area is 104 Å². The number of nitrogens with zero attached hydrogens (tertiary/aromatic N) is 1. The number of nitrogens with one attached hydrogen (secondary N) is 1. The van der Waals surface area contributed by atoms with Gasteiger partial charge in [0.15, 0.2) is 0 Å². The van der Waals surface area contributed by atoms with Crippen LogP contribution >= 0.6 is 23.8 Å². The minimum absolute atomic E-state index is 0.649. The summed E-state index contributed by atoms with van der Waals surface area (Å²) < 4.78 is 0. The van der Waals surface area contributed by atoms with E-state index in [4.69, 9.17) is 23.8 Å². The van der Waals surface area contributed by atoms with Crippen LogP contribution in [-0.4, -0.2) is 9.97 Å². The van der Waals surface area contributed by atoms with Crippen LogP contribution in [0, 0.1) is 0 Å². The van der Waals surface area contributed by atoms with Crippen LogP contribution in [0.25, 0.3) is 0 Å². The standard InChI is InChI=1S/C12H9ClN2S/c13-10-3-5-11(6-4-10)15-12(16)9-2-1-7-14-8-9/h1-8H,(H,15,16). The first-order chi connectivity index (χ1) is 7.75. The molecule has 1 aromatic carbocycles. The smallest absolute Gasteiger partial charge is 0.112 e. The van der Waals surface area contributed by atoms with Crippen molar-refractivity contribution in [1.29, 1.82) is 0 Å². The maximum atomic E-state index is 5.79. The van der Waals surface area contributed by atoms with Gasteiger partial charge in [0.2, 0.25) is 0 Å². The van der Waals surface area contributed by atoms with E-state index < -0.39 is 0 Å². The highest BCUT2D eigenvalue weighted by molar-refractivity contribution is 7.81. The highest BCUT2D eigenvalue weighted by Gasteiger charge is 2.00. The van der Waals surface area contributed by atoms with Gasteiger partial charge < -0.3 is 5.32 Å². The molecule has 0 aliphatic heterocycles. The lowest BCUT2D eigenvalue weighted by Crippen LogP contribution is -2.10. The first-order valence-electron chi connectivity index (χ1n) is 4.72. The molecule has 0 spiro atoms. The van der Waals surface area contributed by atoms with Crippen molar-refractivity contribution in [3.63, 3.8) is 0 Å². The molecular weight excluding hydrogens is 240 g/mol. The average Bonchev–Trinajstić information content (AvgIpc) is 2.33. The lowest BCUT2D eigenvalue weighted by Gasteiger charge is -2.07. The Bertz CT molecular complexity index is 482. The third kappa shape index (κ3) is 2.78. The van der Waals surface area contributed by atoms with Crippen LogP contribution < -0.4 is 5.32 Å². The molecule has 1 heterocycles. The molecule has 1 N–H and O–H groups in total. The molecule has 80 valence electrons. The van der Waals surface area contributed by atoms with Gasteiger partial charge in [0.05, 0.1) is 0 Å². The lowest BCUT2D eigenvalue weighted by molar-refractivity contribution is 1.32. The van der Waals surface area contributed by atoms with E-state index in [2.05, 4.69) is 10.3 Å². The molecule has 16 heavy (non-hydrogen) atoms. The first-order valence-corrected chi connectivity index (χ1v) is 5.51. The number of thiocarbonyl (C=S) groups is 1. The van der Waals surface area contributed by atoms with Crippen molar-refractivity contribution in [3.05, 3.63) is 59.4 Å². The summed E-state index contributed by atoms with van der Waals surface area (Å²) in [5.74, 6) is 0. The van der Waals surface area contributed by atoms with Gasteiger partial charge in [0, 0.05) is 28.7 Å². The van der Waals surface area contributed by atoms with E-state index in [1.54, 1.807) is 12.4 Å². The van der Waals surface area contributed by atoms with Gasteiger partial charge in [-0.05, 0) is 36.4 Å². The molecule has 4 heteroatoms. The molecule has 0 fully saturated rings. The number of anilines is 1. The van der Waals surface area contributed by atoms with Gasteiger partial charge in [-0.15, -0.1) is 0 Å². The van der Waals surface area contributed by atoms with Gasteiger partial charge in [-0.25, -0.2) is 0 Å². The fourth-order valence-electron chi connectivity index (χ4n) is 1.23. The molecule has 0 atom stereocenters. The van der Waals surface area contributed by atoms with Crippen molar-refractivity contribution in [2.45, 2.75) is 0 Å². The van der Waals surface area contributed by atoms with Crippen molar-refractivity contribution >= 4 is 34.5 Å². The Morgan fingerprint density at radius 3 is 2.56 bits per heavy atom. The van der Waals surface area contributed by atoms with Gasteiger partial charge in [-0.3, -0.25) is 4.98 Å². The quantitative estimate of drug-likeness (QED) is 0.824. The first kappa shape index (κ1) is 11.0. The van der Waals surface area contributed by atoms with Crippen LogP contribution in [0.15, 0.2) is 48.8 Å². The Balaban J connectivity index is 2.11. The molecule has 0 aliphatic carbocycles. The van der Waals surface area contributed by atoms with Crippen molar-refractivity contribution < 1.29 is 0 Å². The molecular formula is C12H9ClN2S. The number of aromatic nitrogens is 1. The van der Waals surface area contributed by atoms with Gasteiger partial charge in [-0.2, -0.15) is 0 Å². The number of benzene rings is 1. The van der Waals surface area contributed by atoms with Crippen LogP contribution in [0.1, 0.15) is 5.56 Å². The van der Waals surface area contributed by atoms with Gasteiger partial charge >= 0.3 is 0 Å². The second-order valence-corrected chi connectivity index (χ2v) is 4.05. The fourth-order valence-corrected chi connectivity index (χ4v) is 1.60. The van der Waals surface area contributed by atoms with Crippen LogP contribution in [0.5, 0.6) is 0 Å². The third-order valence-electron chi connectivity index (χ3n) is 2.03. The fraction of sp³-hybridized carbons (Fsp3) is 0. The summed E-state index contributed by atoms with van der Waals surface area (Å²) in [6, 6.07) is 11.2. The average molecular weight is 249 g/mol. The summed E-state index contributed by atoms with van der Waals surface area (Å²) >= 11 is 11.0. The second kappa shape index (κ2) is 5.05. The largest absolute Gasteiger partial charge is 0.346 e. The zero-order chi connectivity index (χ0) is 11.4. The number of hydrogen-bond acceptors (Lipinski definition) is 2. The van der Waals surface area contributed by atoms with Gasteiger partial charge in [0.1, 0.15) is 4.99 Å². The molecule has 2 rings (SSSR count). The number of halogens is 1. The van der Waals surface area contributed by atoms with E-state index in [0.29, 0.717) is 10.0 Å². The normalized spacial score (nSPS) is 9.81. The van der Waals surface area contributed by atoms with Crippen LogP contribution in [0.2, 0.25) is 5.02 Å². The van der Waals surface area contributed by atoms with Crippen LogP contribution in [0.3, 0.4) is 0 Å². The lowest BCUT2D eigenvalue weighted by atomic mass is 10.2. The van der Waals surface area contributed by atoms with Crippen molar-refractivity contribution in [3.8, 4) is 0 Å². The highest BCUT2D eigenvalue weighted by atomic mass is 35.5. The van der Waals surface area contributed by atoms with E-state index in [1.807, 2.05) is 36.4 Å². The molecule has 0 saturated carbocycles. The number of hydrogen-bond donors (Lipinski definition) is 1. The molecule has 2 nitrogen and oxygen atoms in total. The predicted molar refractivity (Wildman–Crippen MR) is 71.0 cm³/mol. The summed E-state index contributed by atoms with van der Waals surface area (Å²) in [6.45, 7) is 0. The Hall–Kier alpha value is -1.45. The maximum Gasteiger partial charge on any atom is 0.112 e. The van der Waals surface area contributed by atoms with Gasteiger partial charge in [-0.1, -0.05) is 23.8 Å². The molecule has 0 bridgehead atoms. The van der Waals surface area contributed by atoms with Crippen LogP contribution in [-0.2, 0) is 0 Å². The van der Waals surface area contributed by atoms with Crippen molar-refractivity contribution in [2.24, 2.45) is 0 Å². The molecule has 2 aromatic rings. The second-order valence-electron chi connectivity index (χ2n) is 3.20. The SMILES string of the molecule is S=C(Nc1ccc(Cl)cc1)c1cccnc1. The number of rotatable bonds is 2. The summed E-state index contributed by atoms with van der Waals surface area (Å²) in [5.41, 5.74) is 1.81. The van der Waals surface area contributed by atoms with E-state index in [1.165, 1.54) is 0 Å². The summed E-state index contributed by atoms with van der Waals surface area (Å²) in [5, 5.41) is 3.82. The van der Waals surface area contributed by atoms with E-state index in [9.17, 15) is 0 Å². The Morgan fingerprint density at radius 2 is 1.94 bits per heavy atom. The predicted octanol–water partition coefficient (Wildman–Crippen LogP) is 3.52. The zero-order valence-electron chi connectivity index (χ0n) is 8.35. The monoisotopic (exact) mass is 248 g/mol. The van der Waals surface area contributed by atoms with Crippen molar-refractivity contribution in [1.82, 2.24) is 4.98 Å². The minimum atomic E-state index is 0.649. The topological polar surface area (TPSA) is 24.9 Å². The molecule has 0 aliphatic rings. The van der Waals surface area contributed by atoms with E-state index in [-0.39, 0.29) is 0 Å². The van der Waals surface area contributed by atoms with Gasteiger partial charge in [0.25, 0.3) is 0 Å². The van der Waals surface area contributed by atoms with Crippen LogP contribution in [0.4, 0.5) is 5.69 Å². The maximum absolute atomic E-state index is 5.79. The highest BCUT2D eigenvalue weighted by Crippen LogP contribution is 2.14. The minimum Gasteiger partial charge on any atom is -0.346 e. The molecule has 1 aromatic heterocycles. The van der Waals surface area contributed by atoms with E-state index in [0.717, 1.165) is 11.3 Å². The summed E-state index contributed by atoms with van der Waals surface area (Å²) in [6.07, 6.45) is 3.44. The molecule has 0 amide bonds. The molecule has 0 unspecified atom stereocenters. The Morgan fingerprint density at radius 1 is 1.19 bits per heavy atom. The third-order valence-corrected chi connectivity index (χ3v) is 2.62. The summed E-state index contributed by atoms with van der Waals surface area (Å²) in [7, 11) is 0. The van der Waals surface area contributed by atoms with E-state index >= 15 is 0 Å². The molecule has 0 saturated heterocycles.